The molecule has 1 amide bonds. The zero-order chi connectivity index (χ0) is 22.4. The molecule has 2 aliphatic heterocycles. The van der Waals surface area contributed by atoms with Crippen LogP contribution in [0.2, 0.25) is 0 Å². The summed E-state index contributed by atoms with van der Waals surface area (Å²) in [6, 6.07) is 12.3. The number of nitrogens with one attached hydrogen (secondary N) is 1. The van der Waals surface area contributed by atoms with E-state index in [4.69, 9.17) is 14.2 Å². The van der Waals surface area contributed by atoms with E-state index >= 15 is 0 Å². The summed E-state index contributed by atoms with van der Waals surface area (Å²) < 4.78 is 43.0. The molecule has 2 aromatic carbocycles. The number of rotatable bonds is 7. The largest absolute Gasteiger partial charge is 0.486 e. The van der Waals surface area contributed by atoms with Gasteiger partial charge in [-0.15, -0.1) is 0 Å². The van der Waals surface area contributed by atoms with Crippen LogP contribution in [0.15, 0.2) is 53.4 Å². The summed E-state index contributed by atoms with van der Waals surface area (Å²) in [7, 11) is -3.52. The van der Waals surface area contributed by atoms with E-state index < -0.39 is 10.0 Å². The Labute approximate surface area is 187 Å². The molecule has 0 bridgehead atoms. The van der Waals surface area contributed by atoms with Gasteiger partial charge in [0.2, 0.25) is 15.9 Å². The first-order valence-electron chi connectivity index (χ1n) is 10.5. The van der Waals surface area contributed by atoms with Gasteiger partial charge in [-0.25, -0.2) is 8.42 Å². The highest BCUT2D eigenvalue weighted by molar-refractivity contribution is 7.89. The van der Waals surface area contributed by atoms with Crippen molar-refractivity contribution < 1.29 is 27.4 Å². The molecule has 0 aliphatic carbocycles. The average Bonchev–Trinajstić information content (AvgIpc) is 2.83. The number of hydrogen-bond donors (Lipinski definition) is 1. The van der Waals surface area contributed by atoms with Gasteiger partial charge in [-0.3, -0.25) is 4.79 Å². The van der Waals surface area contributed by atoms with Crippen molar-refractivity contribution in [1.29, 1.82) is 0 Å². The van der Waals surface area contributed by atoms with Crippen molar-refractivity contribution in [3.05, 3.63) is 59.7 Å². The van der Waals surface area contributed by atoms with Crippen molar-refractivity contribution in [1.82, 2.24) is 9.62 Å². The molecule has 8 nitrogen and oxygen atoms in total. The SMILES string of the molecule is O=C(C=Cc1ccc(S(=O)(=O)N2CCOCC2)cc1)NCCc1ccc2c(c1)OCCO2. The van der Waals surface area contributed by atoms with Gasteiger partial charge in [0, 0.05) is 25.7 Å². The van der Waals surface area contributed by atoms with Crippen LogP contribution in [0.4, 0.5) is 0 Å². The van der Waals surface area contributed by atoms with Gasteiger partial charge in [-0.05, 0) is 47.9 Å². The van der Waals surface area contributed by atoms with Gasteiger partial charge in [0.1, 0.15) is 13.2 Å². The van der Waals surface area contributed by atoms with Crippen LogP contribution in [-0.4, -0.2) is 64.7 Å². The quantitative estimate of drug-likeness (QED) is 0.637. The first-order valence-corrected chi connectivity index (χ1v) is 12.0. The monoisotopic (exact) mass is 458 g/mol. The molecule has 1 N–H and O–H groups in total. The third-order valence-electron chi connectivity index (χ3n) is 5.23. The topological polar surface area (TPSA) is 94.2 Å². The van der Waals surface area contributed by atoms with E-state index in [2.05, 4.69) is 5.32 Å². The molecule has 2 aromatic rings. The fraction of sp³-hybridized carbons (Fsp3) is 0.348. The van der Waals surface area contributed by atoms with Crippen LogP contribution >= 0.6 is 0 Å². The minimum Gasteiger partial charge on any atom is -0.486 e. The number of carbonyl (C=O) groups excluding carboxylic acids is 1. The third-order valence-corrected chi connectivity index (χ3v) is 7.15. The molecule has 0 unspecified atom stereocenters. The summed E-state index contributed by atoms with van der Waals surface area (Å²) >= 11 is 0. The highest BCUT2D eigenvalue weighted by atomic mass is 32.2. The number of carbonyl (C=O) groups is 1. The standard InChI is InChI=1S/C23H26N2O6S/c26-23(24-10-9-19-3-7-21-22(17-19)31-16-15-30-21)8-4-18-1-5-20(6-2-18)32(27,28)25-11-13-29-14-12-25/h1-8,17H,9-16H2,(H,24,26). The maximum Gasteiger partial charge on any atom is 0.244 e. The van der Waals surface area contributed by atoms with Crippen LogP contribution in [0.25, 0.3) is 6.08 Å². The Balaban J connectivity index is 1.27. The summed E-state index contributed by atoms with van der Waals surface area (Å²) in [5.41, 5.74) is 1.79. The molecule has 2 aliphatic rings. The van der Waals surface area contributed by atoms with Crippen molar-refractivity contribution >= 4 is 22.0 Å². The second-order valence-electron chi connectivity index (χ2n) is 7.44. The Morgan fingerprint density at radius 2 is 1.69 bits per heavy atom. The highest BCUT2D eigenvalue weighted by Gasteiger charge is 2.25. The second-order valence-corrected chi connectivity index (χ2v) is 9.38. The Bertz CT molecular complexity index is 1080. The molecular formula is C23H26N2O6S. The Kier molecular flexibility index (Phi) is 7.09. The molecule has 2 heterocycles. The first-order chi connectivity index (χ1) is 15.5. The zero-order valence-corrected chi connectivity index (χ0v) is 18.5. The number of amides is 1. The van der Waals surface area contributed by atoms with E-state index in [1.165, 1.54) is 10.4 Å². The lowest BCUT2D eigenvalue weighted by Gasteiger charge is -2.26. The molecule has 0 spiro atoms. The lowest BCUT2D eigenvalue weighted by molar-refractivity contribution is -0.116. The number of fused-ring (bicyclic) bond motifs is 1. The summed E-state index contributed by atoms with van der Waals surface area (Å²) in [5.74, 6) is 1.27. The first kappa shape index (κ1) is 22.3. The summed E-state index contributed by atoms with van der Waals surface area (Å²) in [5, 5.41) is 2.85. The van der Waals surface area contributed by atoms with Crippen LogP contribution in [0.5, 0.6) is 11.5 Å². The van der Waals surface area contributed by atoms with Crippen LogP contribution in [0.1, 0.15) is 11.1 Å². The summed E-state index contributed by atoms with van der Waals surface area (Å²) in [4.78, 5) is 12.4. The molecule has 4 rings (SSSR count). The van der Waals surface area contributed by atoms with E-state index in [0.29, 0.717) is 52.5 Å². The molecule has 1 fully saturated rings. The van der Waals surface area contributed by atoms with Crippen LogP contribution in [0, 0.1) is 0 Å². The van der Waals surface area contributed by atoms with Crippen molar-refractivity contribution in [3.63, 3.8) is 0 Å². The number of sulfonamides is 1. The van der Waals surface area contributed by atoms with Gasteiger partial charge < -0.3 is 19.5 Å². The van der Waals surface area contributed by atoms with Gasteiger partial charge >= 0.3 is 0 Å². The Hall–Kier alpha value is -2.88. The van der Waals surface area contributed by atoms with Gasteiger partial charge in [-0.1, -0.05) is 18.2 Å². The minimum absolute atomic E-state index is 0.215. The van der Waals surface area contributed by atoms with Crippen LogP contribution in [0.3, 0.4) is 0 Å². The third kappa shape index (κ3) is 5.48. The molecule has 0 radical (unpaired) electrons. The van der Waals surface area contributed by atoms with Crippen molar-refractivity contribution in [2.24, 2.45) is 0 Å². The average molecular weight is 459 g/mol. The van der Waals surface area contributed by atoms with E-state index in [1.54, 1.807) is 30.3 Å². The van der Waals surface area contributed by atoms with Gasteiger partial charge in [0.25, 0.3) is 0 Å². The molecule has 0 aromatic heterocycles. The molecular weight excluding hydrogens is 432 g/mol. The van der Waals surface area contributed by atoms with Crippen molar-refractivity contribution in [2.45, 2.75) is 11.3 Å². The van der Waals surface area contributed by atoms with E-state index in [-0.39, 0.29) is 10.8 Å². The predicted molar refractivity (Wildman–Crippen MR) is 119 cm³/mol. The van der Waals surface area contributed by atoms with Crippen molar-refractivity contribution in [3.8, 4) is 11.5 Å². The van der Waals surface area contributed by atoms with Gasteiger partial charge in [0.05, 0.1) is 18.1 Å². The number of nitrogens with zero attached hydrogens (tertiary/aromatic N) is 1. The number of morpholine rings is 1. The van der Waals surface area contributed by atoms with Crippen LogP contribution in [-0.2, 0) is 26.0 Å². The normalized spacial score (nSPS) is 16.8. The van der Waals surface area contributed by atoms with E-state index in [0.717, 1.165) is 22.6 Å². The lowest BCUT2D eigenvalue weighted by Crippen LogP contribution is -2.40. The second kappa shape index (κ2) is 10.2. The highest BCUT2D eigenvalue weighted by Crippen LogP contribution is 2.30. The van der Waals surface area contributed by atoms with Gasteiger partial charge in [-0.2, -0.15) is 4.31 Å². The Morgan fingerprint density at radius 1 is 0.969 bits per heavy atom. The smallest absolute Gasteiger partial charge is 0.244 e. The number of ether oxygens (including phenoxy) is 3. The molecule has 170 valence electrons. The maximum atomic E-state index is 12.7. The molecule has 0 atom stereocenters. The van der Waals surface area contributed by atoms with E-state index in [9.17, 15) is 13.2 Å². The predicted octanol–water partition coefficient (Wildman–Crippen LogP) is 1.85. The van der Waals surface area contributed by atoms with Gasteiger partial charge in [0.15, 0.2) is 11.5 Å². The fourth-order valence-electron chi connectivity index (χ4n) is 3.49. The molecule has 32 heavy (non-hydrogen) atoms. The number of benzene rings is 2. The maximum absolute atomic E-state index is 12.7. The minimum atomic E-state index is -3.52. The molecule has 9 heteroatoms. The van der Waals surface area contributed by atoms with Crippen LogP contribution < -0.4 is 14.8 Å². The summed E-state index contributed by atoms with van der Waals surface area (Å²) in [6.07, 6.45) is 3.77. The number of hydrogen-bond acceptors (Lipinski definition) is 6. The fourth-order valence-corrected chi connectivity index (χ4v) is 4.90. The molecule has 1 saturated heterocycles. The zero-order valence-electron chi connectivity index (χ0n) is 17.7. The van der Waals surface area contributed by atoms with E-state index in [1.807, 2.05) is 18.2 Å². The van der Waals surface area contributed by atoms with Crippen molar-refractivity contribution in [2.75, 3.05) is 46.1 Å². The Morgan fingerprint density at radius 3 is 2.44 bits per heavy atom. The summed E-state index contributed by atoms with van der Waals surface area (Å²) in [6.45, 7) is 3.11. The lowest BCUT2D eigenvalue weighted by atomic mass is 10.1. The molecule has 0 saturated carbocycles.